The zero-order valence-electron chi connectivity index (χ0n) is 15.5. The summed E-state index contributed by atoms with van der Waals surface area (Å²) in [6.45, 7) is 1.85. The van der Waals surface area contributed by atoms with Crippen molar-refractivity contribution in [2.24, 2.45) is 0 Å². The smallest absolute Gasteiger partial charge is 0.352 e. The van der Waals surface area contributed by atoms with Crippen LogP contribution in [0.1, 0.15) is 11.3 Å². The number of sulfone groups is 1. The van der Waals surface area contributed by atoms with Crippen molar-refractivity contribution in [3.8, 4) is 11.1 Å². The number of pyridine rings is 1. The average molecular weight is 407 g/mol. The Hall–Kier alpha value is -3.52. The highest BCUT2D eigenvalue weighted by atomic mass is 32.2. The first-order chi connectivity index (χ1) is 13.8. The van der Waals surface area contributed by atoms with Crippen molar-refractivity contribution in [3.05, 3.63) is 94.3 Å². The number of nitrogens with zero attached hydrogens (tertiary/aromatic N) is 3. The van der Waals surface area contributed by atoms with E-state index < -0.39 is 20.5 Å². The fourth-order valence-corrected chi connectivity index (χ4v) is 4.45. The molecule has 0 amide bonds. The van der Waals surface area contributed by atoms with Crippen molar-refractivity contribution < 1.29 is 13.3 Å². The summed E-state index contributed by atoms with van der Waals surface area (Å²) in [6, 6.07) is 19.3. The molecule has 8 heteroatoms. The topological polar surface area (TPSA) is 94.6 Å². The van der Waals surface area contributed by atoms with E-state index >= 15 is 0 Å². The van der Waals surface area contributed by atoms with Crippen LogP contribution >= 0.6 is 0 Å². The fourth-order valence-electron chi connectivity index (χ4n) is 3.18. The second kappa shape index (κ2) is 7.14. The van der Waals surface area contributed by atoms with Gasteiger partial charge in [-0.25, -0.2) is 13.4 Å². The lowest BCUT2D eigenvalue weighted by Gasteiger charge is -2.04. The normalized spacial score (nSPS) is 11.6. The minimum absolute atomic E-state index is 0.0826. The van der Waals surface area contributed by atoms with Gasteiger partial charge in [-0.05, 0) is 35.6 Å². The van der Waals surface area contributed by atoms with Gasteiger partial charge in [0.25, 0.3) is 0 Å². The molecule has 0 radical (unpaired) electrons. The first-order valence-corrected chi connectivity index (χ1v) is 10.5. The molecule has 2 aromatic heterocycles. The van der Waals surface area contributed by atoms with Crippen LogP contribution in [0.4, 0.5) is 5.82 Å². The van der Waals surface area contributed by atoms with E-state index in [0.29, 0.717) is 5.65 Å². The molecule has 0 aliphatic rings. The third-order valence-corrected chi connectivity index (χ3v) is 6.29. The lowest BCUT2D eigenvalue weighted by Crippen LogP contribution is -2.07. The number of aromatic nitrogens is 2. The molecule has 0 N–H and O–H groups in total. The molecule has 0 aliphatic carbocycles. The maximum absolute atomic E-state index is 12.8. The maximum Gasteiger partial charge on any atom is 0.352 e. The number of hydrogen-bond donors (Lipinski definition) is 0. The van der Waals surface area contributed by atoms with Gasteiger partial charge in [-0.1, -0.05) is 48.0 Å². The Labute approximate surface area is 167 Å². The summed E-state index contributed by atoms with van der Waals surface area (Å²) in [7, 11) is -3.78. The summed E-state index contributed by atoms with van der Waals surface area (Å²) in [5, 5.41) is 11.8. The average Bonchev–Trinajstić information content (AvgIpc) is 3.05. The first-order valence-electron chi connectivity index (χ1n) is 8.85. The van der Waals surface area contributed by atoms with Gasteiger partial charge >= 0.3 is 5.82 Å². The van der Waals surface area contributed by atoms with Crippen LogP contribution in [0.3, 0.4) is 0 Å². The Morgan fingerprint density at radius 3 is 2.31 bits per heavy atom. The molecule has 4 rings (SSSR count). The standard InChI is InChI=1S/C21H17N3O4S/c1-15-7-10-18(11-8-15)29(27,28)14-19-21(24(25)26)23-13-17(9-12-20(23)22-19)16-5-3-2-4-6-16/h2-13H,14H2,1H3. The zero-order valence-corrected chi connectivity index (χ0v) is 16.3. The van der Waals surface area contributed by atoms with E-state index in [-0.39, 0.29) is 16.4 Å². The van der Waals surface area contributed by atoms with Crippen molar-refractivity contribution in [1.29, 1.82) is 0 Å². The van der Waals surface area contributed by atoms with Gasteiger partial charge in [0.2, 0.25) is 5.65 Å². The summed E-state index contributed by atoms with van der Waals surface area (Å²) < 4.78 is 26.9. The van der Waals surface area contributed by atoms with Crippen LogP contribution in [0, 0.1) is 17.0 Å². The second-order valence-electron chi connectivity index (χ2n) is 6.72. The monoisotopic (exact) mass is 407 g/mol. The summed E-state index contributed by atoms with van der Waals surface area (Å²) in [5.74, 6) is -0.886. The summed E-state index contributed by atoms with van der Waals surface area (Å²) >= 11 is 0. The van der Waals surface area contributed by atoms with Gasteiger partial charge in [-0.2, -0.15) is 4.40 Å². The minimum atomic E-state index is -3.78. The number of hydrogen-bond acceptors (Lipinski definition) is 5. The molecule has 0 atom stereocenters. The van der Waals surface area contributed by atoms with Crippen molar-refractivity contribution in [1.82, 2.24) is 9.38 Å². The van der Waals surface area contributed by atoms with Crippen LogP contribution in [0.15, 0.2) is 77.8 Å². The number of aryl methyl sites for hydroxylation is 1. The largest absolute Gasteiger partial charge is 0.358 e. The number of nitro groups is 1. The van der Waals surface area contributed by atoms with Crippen molar-refractivity contribution in [2.45, 2.75) is 17.6 Å². The van der Waals surface area contributed by atoms with Crippen molar-refractivity contribution >= 4 is 21.3 Å². The Kier molecular flexibility index (Phi) is 4.63. The van der Waals surface area contributed by atoms with Gasteiger partial charge in [0.05, 0.1) is 4.90 Å². The molecule has 0 unspecified atom stereocenters. The third kappa shape index (κ3) is 3.62. The predicted molar refractivity (Wildman–Crippen MR) is 109 cm³/mol. The fraction of sp³-hybridized carbons (Fsp3) is 0.0952. The summed E-state index contributed by atoms with van der Waals surface area (Å²) in [6.07, 6.45) is 1.61. The Bertz CT molecular complexity index is 1310. The van der Waals surface area contributed by atoms with Crippen LogP contribution in [0.5, 0.6) is 0 Å². The molecule has 29 heavy (non-hydrogen) atoms. The molecule has 0 fully saturated rings. The molecular weight excluding hydrogens is 390 g/mol. The van der Waals surface area contributed by atoms with Crippen LogP contribution in [-0.4, -0.2) is 22.7 Å². The Morgan fingerprint density at radius 1 is 0.966 bits per heavy atom. The highest BCUT2D eigenvalue weighted by Gasteiger charge is 2.28. The summed E-state index contributed by atoms with van der Waals surface area (Å²) in [5.41, 5.74) is 2.83. The number of benzene rings is 2. The number of fused-ring (bicyclic) bond motifs is 1. The van der Waals surface area contributed by atoms with Gasteiger partial charge in [0.1, 0.15) is 11.9 Å². The molecule has 146 valence electrons. The molecule has 4 aromatic rings. The second-order valence-corrected chi connectivity index (χ2v) is 8.71. The molecular formula is C21H17N3O4S. The van der Waals surface area contributed by atoms with Crippen molar-refractivity contribution in [2.75, 3.05) is 0 Å². The maximum atomic E-state index is 12.8. The van der Waals surface area contributed by atoms with Gasteiger partial charge in [0.15, 0.2) is 15.5 Å². The van der Waals surface area contributed by atoms with E-state index in [9.17, 15) is 18.5 Å². The van der Waals surface area contributed by atoms with Crippen LogP contribution in [-0.2, 0) is 15.6 Å². The van der Waals surface area contributed by atoms with Gasteiger partial charge in [0, 0.05) is 11.6 Å². The Morgan fingerprint density at radius 2 is 1.66 bits per heavy atom. The van der Waals surface area contributed by atoms with Crippen molar-refractivity contribution in [3.63, 3.8) is 0 Å². The van der Waals surface area contributed by atoms with E-state index in [1.54, 1.807) is 30.5 Å². The lowest BCUT2D eigenvalue weighted by atomic mass is 10.1. The molecule has 0 saturated heterocycles. The van der Waals surface area contributed by atoms with E-state index in [4.69, 9.17) is 0 Å². The number of rotatable bonds is 5. The minimum Gasteiger partial charge on any atom is -0.358 e. The van der Waals surface area contributed by atoms with E-state index in [2.05, 4.69) is 4.98 Å². The summed E-state index contributed by atoms with van der Waals surface area (Å²) in [4.78, 5) is 15.5. The Balaban J connectivity index is 1.81. The predicted octanol–water partition coefficient (Wildman–Crippen LogP) is 4.19. The molecule has 0 aliphatic heterocycles. The van der Waals surface area contributed by atoms with E-state index in [1.165, 1.54) is 16.5 Å². The molecule has 7 nitrogen and oxygen atoms in total. The molecule has 2 aromatic carbocycles. The van der Waals surface area contributed by atoms with Crippen LogP contribution in [0.25, 0.3) is 16.8 Å². The van der Waals surface area contributed by atoms with Crippen LogP contribution < -0.4 is 0 Å². The molecule has 0 saturated carbocycles. The lowest BCUT2D eigenvalue weighted by molar-refractivity contribution is -0.391. The highest BCUT2D eigenvalue weighted by molar-refractivity contribution is 7.90. The molecule has 2 heterocycles. The highest BCUT2D eigenvalue weighted by Crippen LogP contribution is 2.28. The van der Waals surface area contributed by atoms with Crippen LogP contribution in [0.2, 0.25) is 0 Å². The number of imidazole rings is 1. The van der Waals surface area contributed by atoms with Gasteiger partial charge < -0.3 is 10.1 Å². The SMILES string of the molecule is Cc1ccc(S(=O)(=O)Cc2nc3ccc(-c4ccccc4)cn3c2[N+](=O)[O-])cc1. The quantitative estimate of drug-likeness (QED) is 0.365. The molecule has 0 bridgehead atoms. The zero-order chi connectivity index (χ0) is 20.6. The van der Waals surface area contributed by atoms with Gasteiger partial charge in [-0.3, -0.25) is 0 Å². The van der Waals surface area contributed by atoms with Gasteiger partial charge in [-0.15, -0.1) is 0 Å². The van der Waals surface area contributed by atoms with E-state index in [0.717, 1.165) is 16.7 Å². The van der Waals surface area contributed by atoms with E-state index in [1.807, 2.05) is 37.3 Å². The first kappa shape index (κ1) is 18.8. The molecule has 0 spiro atoms. The third-order valence-electron chi connectivity index (χ3n) is 4.65.